The van der Waals surface area contributed by atoms with E-state index in [2.05, 4.69) is 5.32 Å². The maximum absolute atomic E-state index is 12.0. The molecule has 0 fully saturated rings. The standard InChI is InChI=1S/C9H9FN2OS/c10-14-8-3-1-7(2-4-8)12-9(13)5-6-11/h1-4,6,11H,5H2,(H,12,13). The van der Waals surface area contributed by atoms with Crippen LogP contribution < -0.4 is 5.32 Å². The van der Waals surface area contributed by atoms with Crippen molar-refractivity contribution in [3.8, 4) is 0 Å². The van der Waals surface area contributed by atoms with Crippen LogP contribution in [0.1, 0.15) is 6.42 Å². The highest BCUT2D eigenvalue weighted by Gasteiger charge is 1.99. The van der Waals surface area contributed by atoms with Crippen LogP contribution in [-0.4, -0.2) is 12.1 Å². The van der Waals surface area contributed by atoms with Gasteiger partial charge in [0.15, 0.2) is 0 Å². The van der Waals surface area contributed by atoms with Crippen molar-refractivity contribution < 1.29 is 8.68 Å². The number of rotatable bonds is 4. The number of hydrogen-bond acceptors (Lipinski definition) is 3. The van der Waals surface area contributed by atoms with Crippen LogP contribution in [0.2, 0.25) is 0 Å². The van der Waals surface area contributed by atoms with Crippen LogP contribution in [0.15, 0.2) is 29.2 Å². The summed E-state index contributed by atoms with van der Waals surface area (Å²) in [4.78, 5) is 11.5. The molecule has 0 aliphatic heterocycles. The predicted molar refractivity (Wildman–Crippen MR) is 55.4 cm³/mol. The van der Waals surface area contributed by atoms with Crippen molar-refractivity contribution in [1.82, 2.24) is 0 Å². The molecular weight excluding hydrogens is 203 g/mol. The summed E-state index contributed by atoms with van der Waals surface area (Å²) in [7, 11) is 0. The highest BCUT2D eigenvalue weighted by molar-refractivity contribution is 7.94. The van der Waals surface area contributed by atoms with E-state index in [-0.39, 0.29) is 24.5 Å². The predicted octanol–water partition coefficient (Wildman–Crippen LogP) is 2.64. The lowest BCUT2D eigenvalue weighted by Gasteiger charge is -2.02. The molecule has 0 bridgehead atoms. The smallest absolute Gasteiger partial charge is 0.229 e. The Labute approximate surface area is 85.5 Å². The fraction of sp³-hybridized carbons (Fsp3) is 0.111. The number of halogens is 1. The minimum atomic E-state index is -0.249. The van der Waals surface area contributed by atoms with E-state index < -0.39 is 0 Å². The van der Waals surface area contributed by atoms with Crippen LogP contribution in [-0.2, 0) is 4.79 Å². The van der Waals surface area contributed by atoms with Gasteiger partial charge in [0.25, 0.3) is 0 Å². The molecule has 0 saturated carbocycles. The second kappa shape index (κ2) is 5.39. The van der Waals surface area contributed by atoms with E-state index in [0.717, 1.165) is 6.21 Å². The molecular formula is C9H9FN2OS. The van der Waals surface area contributed by atoms with E-state index in [1.165, 1.54) is 0 Å². The zero-order chi connectivity index (χ0) is 10.4. The van der Waals surface area contributed by atoms with Gasteiger partial charge in [-0.05, 0) is 24.3 Å². The van der Waals surface area contributed by atoms with Gasteiger partial charge < -0.3 is 10.7 Å². The molecule has 0 saturated heterocycles. The molecule has 0 unspecified atom stereocenters. The summed E-state index contributed by atoms with van der Waals surface area (Å²) in [6.45, 7) is 0. The van der Waals surface area contributed by atoms with Crippen LogP contribution in [0.3, 0.4) is 0 Å². The van der Waals surface area contributed by atoms with Gasteiger partial charge in [0.05, 0.1) is 18.6 Å². The molecule has 1 rings (SSSR count). The fourth-order valence-electron chi connectivity index (χ4n) is 0.894. The normalized spacial score (nSPS) is 9.50. The monoisotopic (exact) mass is 212 g/mol. The van der Waals surface area contributed by atoms with Gasteiger partial charge in [-0.1, -0.05) is 0 Å². The molecule has 3 nitrogen and oxygen atoms in total. The molecule has 5 heteroatoms. The van der Waals surface area contributed by atoms with Crippen LogP contribution in [0.25, 0.3) is 0 Å². The molecule has 0 heterocycles. The second-order valence-corrected chi connectivity index (χ2v) is 3.18. The van der Waals surface area contributed by atoms with Crippen molar-refractivity contribution in [2.24, 2.45) is 0 Å². The maximum atomic E-state index is 12.0. The van der Waals surface area contributed by atoms with Gasteiger partial charge in [0, 0.05) is 16.8 Å². The van der Waals surface area contributed by atoms with Crippen molar-refractivity contribution in [2.75, 3.05) is 5.32 Å². The zero-order valence-electron chi connectivity index (χ0n) is 7.29. The van der Waals surface area contributed by atoms with Crippen molar-refractivity contribution in [1.29, 1.82) is 5.41 Å². The summed E-state index contributed by atoms with van der Waals surface area (Å²) in [6.07, 6.45) is 1.08. The van der Waals surface area contributed by atoms with Crippen LogP contribution in [0, 0.1) is 5.41 Å². The molecule has 0 aliphatic rings. The number of carbonyl (C=O) groups is 1. The molecule has 1 aromatic rings. The van der Waals surface area contributed by atoms with E-state index in [0.29, 0.717) is 10.6 Å². The van der Waals surface area contributed by atoms with Gasteiger partial charge in [-0.25, -0.2) is 0 Å². The first-order valence-corrected chi connectivity index (χ1v) is 4.65. The fourth-order valence-corrected chi connectivity index (χ4v) is 1.13. The molecule has 0 aromatic heterocycles. The minimum absolute atomic E-state index is 0.0552. The number of amides is 1. The van der Waals surface area contributed by atoms with Gasteiger partial charge >= 0.3 is 0 Å². The molecule has 14 heavy (non-hydrogen) atoms. The van der Waals surface area contributed by atoms with Gasteiger partial charge in [0.2, 0.25) is 5.91 Å². The Morgan fingerprint density at radius 2 is 2.14 bits per heavy atom. The molecule has 2 N–H and O–H groups in total. The molecule has 74 valence electrons. The summed E-state index contributed by atoms with van der Waals surface area (Å²) in [5.74, 6) is -0.249. The number of benzene rings is 1. The number of hydrogen-bond donors (Lipinski definition) is 2. The summed E-state index contributed by atoms with van der Waals surface area (Å²) in [6, 6.07) is 6.38. The average Bonchev–Trinajstić information content (AvgIpc) is 2.19. The molecule has 0 spiro atoms. The topological polar surface area (TPSA) is 53.0 Å². The quantitative estimate of drug-likeness (QED) is 0.754. The lowest BCUT2D eigenvalue weighted by atomic mass is 10.3. The van der Waals surface area contributed by atoms with E-state index >= 15 is 0 Å². The van der Waals surface area contributed by atoms with Gasteiger partial charge in [0.1, 0.15) is 0 Å². The Morgan fingerprint density at radius 1 is 1.50 bits per heavy atom. The minimum Gasteiger partial charge on any atom is -0.326 e. The average molecular weight is 212 g/mol. The van der Waals surface area contributed by atoms with Gasteiger partial charge in [-0.15, -0.1) is 0 Å². The summed E-state index contributed by atoms with van der Waals surface area (Å²) in [5.41, 5.74) is 0.606. The van der Waals surface area contributed by atoms with E-state index in [1.807, 2.05) is 0 Å². The lowest BCUT2D eigenvalue weighted by Crippen LogP contribution is -2.11. The number of carbonyl (C=O) groups excluding carboxylic acids is 1. The lowest BCUT2D eigenvalue weighted by molar-refractivity contribution is -0.115. The molecule has 0 atom stereocenters. The van der Waals surface area contributed by atoms with Crippen LogP contribution in [0.5, 0.6) is 0 Å². The van der Waals surface area contributed by atoms with Gasteiger partial charge in [-0.3, -0.25) is 4.79 Å². The first-order valence-electron chi connectivity index (χ1n) is 3.93. The number of nitrogens with one attached hydrogen (secondary N) is 2. The Hall–Kier alpha value is -1.36. The highest BCUT2D eigenvalue weighted by atomic mass is 32.2. The Balaban J connectivity index is 2.59. The third kappa shape index (κ3) is 3.18. The first-order chi connectivity index (χ1) is 6.76. The summed E-state index contributed by atoms with van der Waals surface area (Å²) < 4.78 is 12.0. The SMILES string of the molecule is N=CCC(=O)Nc1ccc(SF)cc1. The Kier molecular flexibility index (Phi) is 4.12. The molecule has 0 radical (unpaired) electrons. The summed E-state index contributed by atoms with van der Waals surface area (Å²) >= 11 is 0.158. The van der Waals surface area contributed by atoms with E-state index in [4.69, 9.17) is 5.41 Å². The molecule has 0 aliphatic carbocycles. The second-order valence-electron chi connectivity index (χ2n) is 2.56. The van der Waals surface area contributed by atoms with Gasteiger partial charge in [-0.2, -0.15) is 3.89 Å². The third-order valence-electron chi connectivity index (χ3n) is 1.51. The molecule has 1 amide bonds. The summed E-state index contributed by atoms with van der Waals surface area (Å²) in [5, 5.41) is 9.30. The zero-order valence-corrected chi connectivity index (χ0v) is 8.10. The van der Waals surface area contributed by atoms with Crippen LogP contribution >= 0.6 is 12.1 Å². The van der Waals surface area contributed by atoms with Crippen molar-refractivity contribution in [3.63, 3.8) is 0 Å². The van der Waals surface area contributed by atoms with Crippen molar-refractivity contribution in [2.45, 2.75) is 11.3 Å². The van der Waals surface area contributed by atoms with E-state index in [1.54, 1.807) is 24.3 Å². The van der Waals surface area contributed by atoms with E-state index in [9.17, 15) is 8.68 Å². The number of anilines is 1. The first kappa shape index (κ1) is 10.7. The van der Waals surface area contributed by atoms with Crippen molar-refractivity contribution >= 4 is 30.0 Å². The third-order valence-corrected chi connectivity index (χ3v) is 1.96. The Morgan fingerprint density at radius 3 is 2.64 bits per heavy atom. The highest BCUT2D eigenvalue weighted by Crippen LogP contribution is 2.20. The largest absolute Gasteiger partial charge is 0.326 e. The Bertz CT molecular complexity index is 326. The maximum Gasteiger partial charge on any atom is 0.229 e. The molecule has 1 aromatic carbocycles. The van der Waals surface area contributed by atoms with Crippen LogP contribution in [0.4, 0.5) is 9.57 Å². The van der Waals surface area contributed by atoms with Crippen molar-refractivity contribution in [3.05, 3.63) is 24.3 Å².